The number of pyridine rings is 1. The molecule has 3 aromatic rings. The highest BCUT2D eigenvalue weighted by Crippen LogP contribution is 2.30. The van der Waals surface area contributed by atoms with E-state index in [2.05, 4.69) is 10.1 Å². The first-order valence-corrected chi connectivity index (χ1v) is 11.1. The maximum atomic E-state index is 13.6. The molecule has 0 spiro atoms. The van der Waals surface area contributed by atoms with Crippen LogP contribution in [0, 0.1) is 12.7 Å². The number of primary amides is 1. The molecule has 2 aromatic heterocycles. The van der Waals surface area contributed by atoms with Crippen molar-refractivity contribution in [1.82, 2.24) is 19.7 Å². The Morgan fingerprint density at radius 2 is 2.09 bits per heavy atom. The van der Waals surface area contributed by atoms with Gasteiger partial charge in [-0.2, -0.15) is 5.10 Å². The lowest BCUT2D eigenvalue weighted by atomic mass is 9.90. The summed E-state index contributed by atoms with van der Waals surface area (Å²) in [7, 11) is 0. The van der Waals surface area contributed by atoms with E-state index in [0.717, 1.165) is 30.6 Å². The van der Waals surface area contributed by atoms with Crippen LogP contribution in [0.4, 0.5) is 4.39 Å². The summed E-state index contributed by atoms with van der Waals surface area (Å²) < 4.78 is 15.5. The van der Waals surface area contributed by atoms with Gasteiger partial charge in [-0.05, 0) is 62.9 Å². The molecule has 1 aromatic carbocycles. The molecule has 1 aliphatic rings. The molecule has 2 amide bonds. The molecule has 0 bridgehead atoms. The lowest BCUT2D eigenvalue weighted by molar-refractivity contribution is -0.132. The third-order valence-corrected chi connectivity index (χ3v) is 6.21. The van der Waals surface area contributed by atoms with Gasteiger partial charge in [0, 0.05) is 43.6 Å². The number of nitrogens with zero attached hydrogens (tertiary/aromatic N) is 4. The molecule has 168 valence electrons. The number of hydrogen-bond donors (Lipinski definition) is 1. The molecule has 1 unspecified atom stereocenters. The number of carbonyl (C=O) groups excluding carboxylic acids is 2. The van der Waals surface area contributed by atoms with E-state index in [0.29, 0.717) is 48.1 Å². The number of hydrogen-bond acceptors (Lipinski definition) is 4. The standard InChI is InChI=1S/C24H28FN5O2/c1-3-30-14-16(15(2)28-30)6-9-22(31)29-10-4-5-17(13-29)23-20(24(26)32)12-18-11-19(25)7-8-21(18)27-23/h7-8,11-12,14,17H,3-6,9-10,13H2,1-2H3,(H2,26,32). The van der Waals surface area contributed by atoms with Crippen LogP contribution in [-0.4, -0.2) is 44.6 Å². The van der Waals surface area contributed by atoms with Crippen LogP contribution in [0.5, 0.6) is 0 Å². The van der Waals surface area contributed by atoms with Gasteiger partial charge in [-0.1, -0.05) is 0 Å². The fourth-order valence-electron chi connectivity index (χ4n) is 4.46. The third kappa shape index (κ3) is 4.49. The van der Waals surface area contributed by atoms with Gasteiger partial charge in [-0.3, -0.25) is 19.3 Å². The Morgan fingerprint density at radius 1 is 1.28 bits per heavy atom. The van der Waals surface area contributed by atoms with Crippen molar-refractivity contribution in [3.63, 3.8) is 0 Å². The minimum Gasteiger partial charge on any atom is -0.366 e. The number of nitrogens with two attached hydrogens (primary N) is 1. The molecule has 0 radical (unpaired) electrons. The van der Waals surface area contributed by atoms with Crippen molar-refractivity contribution >= 4 is 22.7 Å². The van der Waals surface area contributed by atoms with E-state index in [4.69, 9.17) is 5.73 Å². The summed E-state index contributed by atoms with van der Waals surface area (Å²) >= 11 is 0. The summed E-state index contributed by atoms with van der Waals surface area (Å²) in [5.74, 6) is -0.988. The van der Waals surface area contributed by atoms with Crippen molar-refractivity contribution < 1.29 is 14.0 Å². The SMILES string of the molecule is CCn1cc(CCC(=O)N2CCCC(c3nc4ccc(F)cc4cc3C(N)=O)C2)c(C)n1. The van der Waals surface area contributed by atoms with Gasteiger partial charge in [-0.25, -0.2) is 4.39 Å². The molecule has 1 atom stereocenters. The Morgan fingerprint density at radius 3 is 2.81 bits per heavy atom. The maximum absolute atomic E-state index is 13.6. The van der Waals surface area contributed by atoms with Crippen LogP contribution in [0.25, 0.3) is 10.9 Å². The zero-order valence-electron chi connectivity index (χ0n) is 18.5. The predicted octanol–water partition coefficient (Wildman–Crippen LogP) is 3.34. The molecule has 1 fully saturated rings. The molecular weight excluding hydrogens is 409 g/mol. The Labute approximate surface area is 186 Å². The summed E-state index contributed by atoms with van der Waals surface area (Å²) in [5, 5.41) is 4.98. The molecular formula is C24H28FN5O2. The van der Waals surface area contributed by atoms with Crippen LogP contribution >= 0.6 is 0 Å². The number of fused-ring (bicyclic) bond motifs is 1. The summed E-state index contributed by atoms with van der Waals surface area (Å²) in [6, 6.07) is 5.90. The van der Waals surface area contributed by atoms with Crippen molar-refractivity contribution in [2.75, 3.05) is 13.1 Å². The maximum Gasteiger partial charge on any atom is 0.250 e. The molecule has 0 saturated carbocycles. The monoisotopic (exact) mass is 437 g/mol. The lowest BCUT2D eigenvalue weighted by Gasteiger charge is -2.33. The van der Waals surface area contributed by atoms with E-state index in [1.807, 2.05) is 29.6 Å². The number of halogens is 1. The zero-order valence-corrected chi connectivity index (χ0v) is 18.5. The number of likely N-dealkylation sites (tertiary alicyclic amines) is 1. The Balaban J connectivity index is 1.52. The largest absolute Gasteiger partial charge is 0.366 e. The van der Waals surface area contributed by atoms with Gasteiger partial charge in [0.05, 0.1) is 22.5 Å². The van der Waals surface area contributed by atoms with Crippen LogP contribution in [0.15, 0.2) is 30.5 Å². The fourth-order valence-corrected chi connectivity index (χ4v) is 4.46. The first kappa shape index (κ1) is 21.9. The quantitative estimate of drug-likeness (QED) is 0.640. The molecule has 1 aliphatic heterocycles. The second kappa shape index (κ2) is 9.06. The molecule has 0 aliphatic carbocycles. The van der Waals surface area contributed by atoms with Gasteiger partial charge in [-0.15, -0.1) is 0 Å². The molecule has 3 heterocycles. The summed E-state index contributed by atoms with van der Waals surface area (Å²) in [5.41, 5.74) is 9.17. The van der Waals surface area contributed by atoms with Crippen LogP contribution in [0.2, 0.25) is 0 Å². The molecule has 4 rings (SSSR count). The van der Waals surface area contributed by atoms with Crippen molar-refractivity contribution in [1.29, 1.82) is 0 Å². The highest BCUT2D eigenvalue weighted by molar-refractivity contribution is 5.97. The second-order valence-electron chi connectivity index (χ2n) is 8.40. The van der Waals surface area contributed by atoms with Crippen LogP contribution in [0.1, 0.15) is 59.4 Å². The number of amides is 2. The summed E-state index contributed by atoms with van der Waals surface area (Å²) in [6.45, 7) is 5.98. The van der Waals surface area contributed by atoms with Crippen molar-refractivity contribution in [2.24, 2.45) is 5.73 Å². The zero-order chi connectivity index (χ0) is 22.8. The first-order valence-electron chi connectivity index (χ1n) is 11.1. The molecule has 7 nitrogen and oxygen atoms in total. The van der Waals surface area contributed by atoms with Crippen molar-refractivity contribution in [3.05, 3.63) is 58.8 Å². The van der Waals surface area contributed by atoms with Gasteiger partial charge in [0.25, 0.3) is 5.91 Å². The van der Waals surface area contributed by atoms with Gasteiger partial charge in [0.15, 0.2) is 0 Å². The second-order valence-corrected chi connectivity index (χ2v) is 8.40. The smallest absolute Gasteiger partial charge is 0.250 e. The Bertz CT molecular complexity index is 1170. The van der Waals surface area contributed by atoms with Gasteiger partial charge < -0.3 is 10.6 Å². The summed E-state index contributed by atoms with van der Waals surface area (Å²) in [4.78, 5) is 31.6. The van der Waals surface area contributed by atoms with Crippen LogP contribution < -0.4 is 5.73 Å². The molecule has 1 saturated heterocycles. The van der Waals surface area contributed by atoms with Crippen LogP contribution in [0.3, 0.4) is 0 Å². The number of benzene rings is 1. The predicted molar refractivity (Wildman–Crippen MR) is 120 cm³/mol. The van der Waals surface area contributed by atoms with Gasteiger partial charge in [0.1, 0.15) is 5.82 Å². The van der Waals surface area contributed by atoms with E-state index in [1.165, 1.54) is 12.1 Å². The number of aromatic nitrogens is 3. The number of carbonyl (C=O) groups is 2. The Hall–Kier alpha value is -3.29. The van der Waals surface area contributed by atoms with Gasteiger partial charge >= 0.3 is 0 Å². The van der Waals surface area contributed by atoms with Crippen molar-refractivity contribution in [2.45, 2.75) is 52.0 Å². The minimum atomic E-state index is -0.592. The third-order valence-electron chi connectivity index (χ3n) is 6.21. The molecule has 2 N–H and O–H groups in total. The fraction of sp³-hybridized carbons (Fsp3) is 0.417. The molecule has 8 heteroatoms. The lowest BCUT2D eigenvalue weighted by Crippen LogP contribution is -2.40. The highest BCUT2D eigenvalue weighted by Gasteiger charge is 2.28. The minimum absolute atomic E-state index is 0.0850. The summed E-state index contributed by atoms with van der Waals surface area (Å²) in [6.07, 6.45) is 4.70. The Kier molecular flexibility index (Phi) is 6.21. The van der Waals surface area contributed by atoms with Crippen molar-refractivity contribution in [3.8, 4) is 0 Å². The number of rotatable bonds is 6. The topological polar surface area (TPSA) is 94.1 Å². The number of piperidine rings is 1. The van der Waals surface area contributed by atoms with E-state index in [1.54, 1.807) is 12.1 Å². The first-order chi connectivity index (χ1) is 15.4. The van der Waals surface area contributed by atoms with E-state index < -0.39 is 11.7 Å². The van der Waals surface area contributed by atoms with Gasteiger partial charge in [0.2, 0.25) is 5.91 Å². The number of aryl methyl sites for hydroxylation is 3. The highest BCUT2D eigenvalue weighted by atomic mass is 19.1. The average molecular weight is 438 g/mol. The van der Waals surface area contributed by atoms with E-state index in [-0.39, 0.29) is 11.8 Å². The molecule has 32 heavy (non-hydrogen) atoms. The van der Waals surface area contributed by atoms with Crippen LogP contribution in [-0.2, 0) is 17.8 Å². The van der Waals surface area contributed by atoms with E-state index >= 15 is 0 Å². The van der Waals surface area contributed by atoms with E-state index in [9.17, 15) is 14.0 Å². The normalized spacial score (nSPS) is 16.5. The average Bonchev–Trinajstić information content (AvgIpc) is 3.16.